The predicted molar refractivity (Wildman–Crippen MR) is 116 cm³/mol. The van der Waals surface area contributed by atoms with Gasteiger partial charge in [0.2, 0.25) is 0 Å². The van der Waals surface area contributed by atoms with Gasteiger partial charge in [-0.25, -0.2) is 0 Å². The van der Waals surface area contributed by atoms with E-state index >= 15 is 0 Å². The molecule has 5 heteroatoms. The van der Waals surface area contributed by atoms with Crippen molar-refractivity contribution in [2.45, 2.75) is 57.0 Å². The molecule has 0 radical (unpaired) electrons. The molecule has 0 aliphatic heterocycles. The van der Waals surface area contributed by atoms with Gasteiger partial charge in [-0.1, -0.05) is 73.5 Å². The summed E-state index contributed by atoms with van der Waals surface area (Å²) in [6.07, 6.45) is 3.49. The maximum atomic E-state index is 14.4. The largest absolute Gasteiger partial charge is 0.412 e. The van der Waals surface area contributed by atoms with Crippen LogP contribution in [0.2, 0.25) is 19.6 Å². The molecular formula is C22H31O3PSi. The van der Waals surface area contributed by atoms with Gasteiger partial charge >= 0.3 is 0 Å². The zero-order chi connectivity index (χ0) is 19.5. The van der Waals surface area contributed by atoms with E-state index < -0.39 is 21.1 Å². The van der Waals surface area contributed by atoms with Gasteiger partial charge in [0, 0.05) is 16.8 Å². The van der Waals surface area contributed by atoms with Gasteiger partial charge in [-0.15, -0.1) is 0 Å². The van der Waals surface area contributed by atoms with Crippen LogP contribution < -0.4 is 10.6 Å². The second-order valence-corrected chi connectivity index (χ2v) is 15.9. The average molecular weight is 403 g/mol. The maximum absolute atomic E-state index is 14.4. The minimum Gasteiger partial charge on any atom is -0.412 e. The highest BCUT2D eigenvalue weighted by Crippen LogP contribution is 2.49. The van der Waals surface area contributed by atoms with Crippen LogP contribution in [-0.2, 0) is 8.99 Å². The molecule has 0 bridgehead atoms. The molecule has 3 nitrogen and oxygen atoms in total. The third-order valence-electron chi connectivity index (χ3n) is 5.26. The Bertz CT molecular complexity index is 745. The molecule has 1 fully saturated rings. The van der Waals surface area contributed by atoms with Crippen LogP contribution in [0.1, 0.15) is 25.7 Å². The summed E-state index contributed by atoms with van der Waals surface area (Å²) >= 11 is 0. The summed E-state index contributed by atoms with van der Waals surface area (Å²) < 4.78 is 20.8. The molecule has 0 spiro atoms. The van der Waals surface area contributed by atoms with Crippen molar-refractivity contribution in [1.29, 1.82) is 0 Å². The molecule has 1 aliphatic carbocycles. The number of hydrogen-bond acceptors (Lipinski definition) is 3. The molecule has 1 aliphatic rings. The third-order valence-corrected chi connectivity index (χ3v) is 9.51. The summed E-state index contributed by atoms with van der Waals surface area (Å²) in [6.45, 7) is 6.45. The Balaban J connectivity index is 2.02. The lowest BCUT2D eigenvalue weighted by atomic mass is 9.84. The first kappa shape index (κ1) is 20.5. The van der Waals surface area contributed by atoms with Gasteiger partial charge in [0.15, 0.2) is 8.32 Å². The maximum Gasteiger partial charge on any atom is 0.184 e. The fourth-order valence-corrected chi connectivity index (χ4v) is 8.32. The van der Waals surface area contributed by atoms with E-state index in [2.05, 4.69) is 19.6 Å². The van der Waals surface area contributed by atoms with Crippen molar-refractivity contribution in [1.82, 2.24) is 0 Å². The molecule has 0 heterocycles. The SMILES string of the molecule is C[Si](C)(C)O[C@H]1CCCC[C@]1(O)CP(=O)(c1ccccc1)c1ccccc1. The van der Waals surface area contributed by atoms with Crippen LogP contribution in [-0.4, -0.2) is 31.3 Å². The second kappa shape index (κ2) is 8.04. The van der Waals surface area contributed by atoms with E-state index in [9.17, 15) is 9.67 Å². The topological polar surface area (TPSA) is 46.5 Å². The number of aliphatic hydroxyl groups is 1. The molecule has 27 heavy (non-hydrogen) atoms. The summed E-state index contributed by atoms with van der Waals surface area (Å²) in [5, 5.41) is 13.3. The van der Waals surface area contributed by atoms with Crippen molar-refractivity contribution >= 4 is 26.1 Å². The summed E-state index contributed by atoms with van der Waals surface area (Å²) in [5.74, 6) is 0. The van der Waals surface area contributed by atoms with Crippen molar-refractivity contribution in [2.24, 2.45) is 0 Å². The van der Waals surface area contributed by atoms with E-state index in [0.29, 0.717) is 6.42 Å². The number of rotatable bonds is 6. The van der Waals surface area contributed by atoms with Gasteiger partial charge in [-0.05, 0) is 32.5 Å². The minimum absolute atomic E-state index is 0.237. The first-order valence-electron chi connectivity index (χ1n) is 9.83. The lowest BCUT2D eigenvalue weighted by Crippen LogP contribution is -2.53. The van der Waals surface area contributed by atoms with Crippen molar-refractivity contribution in [3.05, 3.63) is 60.7 Å². The van der Waals surface area contributed by atoms with Crippen molar-refractivity contribution in [3.63, 3.8) is 0 Å². The minimum atomic E-state index is -2.98. The third kappa shape index (κ3) is 4.81. The Morgan fingerprint density at radius 1 is 1.00 bits per heavy atom. The molecular weight excluding hydrogens is 371 g/mol. The van der Waals surface area contributed by atoms with Crippen LogP contribution >= 0.6 is 7.14 Å². The van der Waals surface area contributed by atoms with Crippen LogP contribution in [0.5, 0.6) is 0 Å². The van der Waals surface area contributed by atoms with E-state index in [1.54, 1.807) is 0 Å². The summed E-state index contributed by atoms with van der Waals surface area (Å²) in [7, 11) is -4.79. The van der Waals surface area contributed by atoms with Gasteiger partial charge in [-0.2, -0.15) is 0 Å². The molecule has 0 saturated heterocycles. The van der Waals surface area contributed by atoms with Crippen LogP contribution in [0.4, 0.5) is 0 Å². The molecule has 2 aromatic carbocycles. The zero-order valence-electron chi connectivity index (χ0n) is 16.6. The standard InChI is InChI=1S/C22H31O3PSi/c1-27(2,3)25-21-16-10-11-17-22(21,23)18-26(24,19-12-6-4-7-13-19)20-14-8-5-9-15-20/h4-9,12-15,21,23H,10-11,16-18H2,1-3H3/t21-,22-/m0/s1. The Hall–Kier alpha value is -1.19. The Morgan fingerprint density at radius 3 is 2.00 bits per heavy atom. The molecule has 2 aromatic rings. The Labute approximate surface area is 164 Å². The smallest absolute Gasteiger partial charge is 0.184 e. The van der Waals surface area contributed by atoms with Gasteiger partial charge in [0.25, 0.3) is 0 Å². The van der Waals surface area contributed by atoms with Gasteiger partial charge in [0.05, 0.1) is 11.7 Å². The van der Waals surface area contributed by atoms with Crippen LogP contribution in [0.15, 0.2) is 60.7 Å². The fraction of sp³-hybridized carbons (Fsp3) is 0.455. The van der Waals surface area contributed by atoms with Gasteiger partial charge < -0.3 is 14.1 Å². The second-order valence-electron chi connectivity index (χ2n) is 8.64. The normalized spacial score (nSPS) is 23.9. The lowest BCUT2D eigenvalue weighted by molar-refractivity contribution is -0.0748. The molecule has 3 rings (SSSR count). The predicted octanol–water partition coefficient (Wildman–Crippen LogP) is 4.53. The van der Waals surface area contributed by atoms with Crippen molar-refractivity contribution in [3.8, 4) is 0 Å². The van der Waals surface area contributed by atoms with E-state index in [-0.39, 0.29) is 12.3 Å². The molecule has 1 N–H and O–H groups in total. The van der Waals surface area contributed by atoms with E-state index in [1.807, 2.05) is 60.7 Å². The highest BCUT2D eigenvalue weighted by Gasteiger charge is 2.47. The lowest BCUT2D eigenvalue weighted by Gasteiger charge is -2.44. The summed E-state index contributed by atoms with van der Waals surface area (Å²) in [4.78, 5) is 0. The number of benzene rings is 2. The average Bonchev–Trinajstić information content (AvgIpc) is 2.64. The molecule has 0 amide bonds. The zero-order valence-corrected chi connectivity index (χ0v) is 18.5. The highest BCUT2D eigenvalue weighted by molar-refractivity contribution is 7.78. The van der Waals surface area contributed by atoms with Gasteiger partial charge in [0.1, 0.15) is 7.14 Å². The van der Waals surface area contributed by atoms with Crippen molar-refractivity contribution < 1.29 is 14.1 Å². The molecule has 2 atom stereocenters. The highest BCUT2D eigenvalue weighted by atomic mass is 31.2. The fourth-order valence-electron chi connectivity index (χ4n) is 4.02. The molecule has 0 aromatic heterocycles. The van der Waals surface area contributed by atoms with Crippen molar-refractivity contribution in [2.75, 3.05) is 6.16 Å². The number of hydrogen-bond donors (Lipinski definition) is 1. The van der Waals surface area contributed by atoms with E-state index in [4.69, 9.17) is 4.43 Å². The Morgan fingerprint density at radius 2 is 1.52 bits per heavy atom. The van der Waals surface area contributed by atoms with Crippen LogP contribution in [0.25, 0.3) is 0 Å². The van der Waals surface area contributed by atoms with Crippen LogP contribution in [0.3, 0.4) is 0 Å². The van der Waals surface area contributed by atoms with E-state index in [1.165, 1.54) is 0 Å². The Kier molecular flexibility index (Phi) is 6.12. The molecule has 146 valence electrons. The quantitative estimate of drug-likeness (QED) is 0.571. The molecule has 0 unspecified atom stereocenters. The van der Waals surface area contributed by atoms with Crippen LogP contribution in [0, 0.1) is 0 Å². The first-order valence-corrected chi connectivity index (χ1v) is 15.1. The summed E-state index contributed by atoms with van der Waals surface area (Å²) in [6, 6.07) is 19.3. The molecule has 1 saturated carbocycles. The monoisotopic (exact) mass is 402 g/mol. The first-order chi connectivity index (χ1) is 12.7. The van der Waals surface area contributed by atoms with E-state index in [0.717, 1.165) is 29.9 Å². The van der Waals surface area contributed by atoms with Gasteiger partial charge in [-0.3, -0.25) is 0 Å². The summed E-state index contributed by atoms with van der Waals surface area (Å²) in [5.41, 5.74) is -1.06.